The van der Waals surface area contributed by atoms with Crippen molar-refractivity contribution in [2.75, 3.05) is 6.61 Å². The van der Waals surface area contributed by atoms with E-state index in [0.29, 0.717) is 16.6 Å². The summed E-state index contributed by atoms with van der Waals surface area (Å²) in [4.78, 5) is 14.0. The molecule has 0 saturated carbocycles. The summed E-state index contributed by atoms with van der Waals surface area (Å²) in [5.74, 6) is -0.545. The summed E-state index contributed by atoms with van der Waals surface area (Å²) in [7, 11) is -2.19. The summed E-state index contributed by atoms with van der Waals surface area (Å²) >= 11 is 0. The van der Waals surface area contributed by atoms with E-state index in [1.807, 2.05) is 41.5 Å². The van der Waals surface area contributed by atoms with E-state index in [2.05, 4.69) is 41.5 Å². The molecular weight excluding hydrogens is 422 g/mol. The molecule has 0 rings (SSSR count). The Bertz CT molecular complexity index is 547. The van der Waals surface area contributed by atoms with Crippen LogP contribution < -0.4 is 0 Å². The first-order valence-corrected chi connectivity index (χ1v) is 14.4. The molecule has 190 valence electrons. The van der Waals surface area contributed by atoms with Crippen molar-refractivity contribution in [3.63, 3.8) is 0 Å². The molecule has 0 saturated heterocycles. The number of amides is 1. The van der Waals surface area contributed by atoms with Gasteiger partial charge in [0.15, 0.2) is 0 Å². The molecule has 0 unspecified atom stereocenters. The highest BCUT2D eigenvalue weighted by Crippen LogP contribution is 2.44. The summed E-state index contributed by atoms with van der Waals surface area (Å²) in [5, 5.41) is 21.1. The number of hydrogen-bond donors (Lipinski definition) is 2. The Kier molecular flexibility index (Phi) is 13.3. The summed E-state index contributed by atoms with van der Waals surface area (Å²) in [6.07, 6.45) is 1.47. The van der Waals surface area contributed by atoms with Crippen molar-refractivity contribution < 1.29 is 24.2 Å². The molecule has 6 nitrogen and oxygen atoms in total. The highest BCUT2D eigenvalue weighted by Gasteiger charge is 2.47. The lowest BCUT2D eigenvalue weighted by atomic mass is 9.89. The summed E-state index contributed by atoms with van der Waals surface area (Å²) in [5.41, 5.74) is 1.17. The number of rotatable bonds is 13. The van der Waals surface area contributed by atoms with Gasteiger partial charge in [0.1, 0.15) is 0 Å². The smallest absolute Gasteiger partial charge is 0.415 e. The van der Waals surface area contributed by atoms with Crippen molar-refractivity contribution in [2.24, 2.45) is 11.8 Å². The average molecular weight is 474 g/mol. The molecule has 0 fully saturated rings. The van der Waals surface area contributed by atoms with Crippen molar-refractivity contribution >= 4 is 14.4 Å². The minimum Gasteiger partial charge on any atom is -0.418 e. The lowest BCUT2D eigenvalue weighted by Crippen LogP contribution is -2.53. The number of nitrogens with zero attached hydrogens (tertiary/aromatic N) is 1. The molecule has 0 aromatic carbocycles. The highest BCUT2D eigenvalue weighted by molar-refractivity contribution is 6.77. The monoisotopic (exact) mass is 473 g/mol. The molecule has 0 aliphatic heterocycles. The van der Waals surface area contributed by atoms with Gasteiger partial charge in [0.25, 0.3) is 0 Å². The van der Waals surface area contributed by atoms with Gasteiger partial charge in [-0.05, 0) is 50.4 Å². The molecular formula is C25H51NO5Si. The van der Waals surface area contributed by atoms with E-state index in [-0.39, 0.29) is 30.5 Å². The predicted octanol–water partition coefficient (Wildman–Crippen LogP) is 5.94. The van der Waals surface area contributed by atoms with Gasteiger partial charge in [0.05, 0.1) is 25.1 Å². The lowest BCUT2D eigenvalue weighted by Gasteiger charge is -2.46. The van der Waals surface area contributed by atoms with Gasteiger partial charge in [-0.2, -0.15) is 0 Å². The van der Waals surface area contributed by atoms with Gasteiger partial charge in [0, 0.05) is 23.9 Å². The molecule has 0 aliphatic carbocycles. The molecule has 4 atom stereocenters. The number of aliphatic hydroxyl groups is 2. The normalized spacial score (nSPS) is 17.0. The standard InChI is InChI=1S/C25H51NO5Si/c1-16(2)26(17(3)4)25(29)30-14-13-21(11)24(28)22(12)23(15-27)31-32(18(5)6,19(7)8)20(9)10/h13-14,16-24,27-28H,15H2,1-12H3/b14-13-/t21-,22+,23-,24-/m1/s1. The fraction of sp³-hybridized carbons (Fsp3) is 0.880. The molecule has 0 aliphatic rings. The molecule has 2 N–H and O–H groups in total. The first-order valence-electron chi connectivity index (χ1n) is 12.3. The maximum atomic E-state index is 12.4. The van der Waals surface area contributed by atoms with Crippen LogP contribution >= 0.6 is 0 Å². The third-order valence-corrected chi connectivity index (χ3v) is 12.9. The lowest BCUT2D eigenvalue weighted by molar-refractivity contribution is -0.0165. The zero-order valence-electron chi connectivity index (χ0n) is 22.6. The van der Waals surface area contributed by atoms with Crippen LogP contribution in [0, 0.1) is 11.8 Å². The van der Waals surface area contributed by atoms with E-state index < -0.39 is 26.6 Å². The Hall–Kier alpha value is -0.893. The third-order valence-electron chi connectivity index (χ3n) is 6.78. The molecule has 32 heavy (non-hydrogen) atoms. The Balaban J connectivity index is 5.35. The molecule has 7 heteroatoms. The quantitative estimate of drug-likeness (QED) is 0.255. The van der Waals surface area contributed by atoms with Gasteiger partial charge in [-0.1, -0.05) is 55.4 Å². The average Bonchev–Trinajstić information content (AvgIpc) is 2.66. The fourth-order valence-corrected chi connectivity index (χ4v) is 10.7. The van der Waals surface area contributed by atoms with Gasteiger partial charge < -0.3 is 24.3 Å². The topological polar surface area (TPSA) is 79.2 Å². The number of carbonyl (C=O) groups excluding carboxylic acids is 1. The third kappa shape index (κ3) is 7.85. The molecule has 0 heterocycles. The second-order valence-corrected chi connectivity index (χ2v) is 16.1. The highest BCUT2D eigenvalue weighted by atomic mass is 28.4. The molecule has 0 aromatic heterocycles. The van der Waals surface area contributed by atoms with Gasteiger partial charge in [-0.25, -0.2) is 4.79 Å². The van der Waals surface area contributed by atoms with Crippen LogP contribution in [0.1, 0.15) is 83.1 Å². The van der Waals surface area contributed by atoms with Gasteiger partial charge in [-0.15, -0.1) is 0 Å². The van der Waals surface area contributed by atoms with E-state index in [9.17, 15) is 15.0 Å². The first kappa shape index (κ1) is 31.1. The molecule has 0 radical (unpaired) electrons. The van der Waals surface area contributed by atoms with Crippen LogP contribution in [0.4, 0.5) is 4.79 Å². The fourth-order valence-electron chi connectivity index (χ4n) is 5.09. The van der Waals surface area contributed by atoms with Crippen LogP contribution in [0.15, 0.2) is 12.3 Å². The van der Waals surface area contributed by atoms with Crippen LogP contribution in [-0.2, 0) is 9.16 Å². The Labute approximate surface area is 198 Å². The second-order valence-electron chi connectivity index (χ2n) is 10.7. The summed E-state index contributed by atoms with van der Waals surface area (Å²) in [6, 6.07) is 0.0717. The van der Waals surface area contributed by atoms with E-state index in [4.69, 9.17) is 9.16 Å². The summed E-state index contributed by atoms with van der Waals surface area (Å²) < 4.78 is 12.1. The number of aliphatic hydroxyl groups excluding tert-OH is 2. The molecule has 0 bridgehead atoms. The Morgan fingerprint density at radius 1 is 0.875 bits per heavy atom. The van der Waals surface area contributed by atoms with Crippen LogP contribution in [0.3, 0.4) is 0 Å². The SMILES string of the molecule is CC(C)N(C(=O)O/C=C\[C@@H](C)[C@@H](O)[C@@H](C)[C@@H](CO)O[Si](C(C)C)(C(C)C)C(C)C)C(C)C. The van der Waals surface area contributed by atoms with Crippen LogP contribution in [0.2, 0.25) is 16.6 Å². The zero-order valence-corrected chi connectivity index (χ0v) is 23.6. The maximum Gasteiger partial charge on any atom is 0.415 e. The Morgan fingerprint density at radius 2 is 1.31 bits per heavy atom. The van der Waals surface area contributed by atoms with E-state index >= 15 is 0 Å². The number of ether oxygens (including phenoxy) is 1. The Morgan fingerprint density at radius 3 is 1.66 bits per heavy atom. The van der Waals surface area contributed by atoms with Crippen LogP contribution in [-0.4, -0.2) is 60.4 Å². The van der Waals surface area contributed by atoms with E-state index in [1.54, 1.807) is 11.0 Å². The van der Waals surface area contributed by atoms with E-state index in [0.717, 1.165) is 0 Å². The summed E-state index contributed by atoms with van der Waals surface area (Å²) in [6.45, 7) is 24.7. The molecule has 0 aromatic rings. The van der Waals surface area contributed by atoms with E-state index in [1.165, 1.54) is 6.26 Å². The van der Waals surface area contributed by atoms with Crippen molar-refractivity contribution in [1.82, 2.24) is 4.90 Å². The number of hydrogen-bond acceptors (Lipinski definition) is 5. The largest absolute Gasteiger partial charge is 0.418 e. The predicted molar refractivity (Wildman–Crippen MR) is 135 cm³/mol. The van der Waals surface area contributed by atoms with Crippen molar-refractivity contribution in [3.8, 4) is 0 Å². The minimum absolute atomic E-state index is 0.0358. The maximum absolute atomic E-state index is 12.4. The van der Waals surface area contributed by atoms with Gasteiger partial charge in [-0.3, -0.25) is 0 Å². The van der Waals surface area contributed by atoms with Gasteiger partial charge >= 0.3 is 6.09 Å². The van der Waals surface area contributed by atoms with Crippen molar-refractivity contribution in [1.29, 1.82) is 0 Å². The number of carbonyl (C=O) groups is 1. The van der Waals surface area contributed by atoms with Crippen molar-refractivity contribution in [3.05, 3.63) is 12.3 Å². The minimum atomic E-state index is -2.19. The molecule has 0 spiro atoms. The second kappa shape index (κ2) is 13.7. The van der Waals surface area contributed by atoms with Gasteiger partial charge in [0.2, 0.25) is 8.32 Å². The molecule has 1 amide bonds. The van der Waals surface area contributed by atoms with Crippen molar-refractivity contribution in [2.45, 2.75) is 124 Å². The van der Waals surface area contributed by atoms with Crippen LogP contribution in [0.25, 0.3) is 0 Å². The first-order chi connectivity index (χ1) is 14.6. The van der Waals surface area contributed by atoms with Crippen LogP contribution in [0.5, 0.6) is 0 Å². The zero-order chi connectivity index (χ0) is 25.4.